The van der Waals surface area contributed by atoms with Crippen LogP contribution in [0.1, 0.15) is 20.8 Å². The Morgan fingerprint density at radius 1 is 1.25 bits per heavy atom. The average Bonchev–Trinajstić information content (AvgIpc) is 2.37. The quantitative estimate of drug-likeness (QED) is 0.718. The van der Waals surface area contributed by atoms with Crippen LogP contribution in [0.5, 0.6) is 0 Å². The molecule has 0 aromatic carbocycles. The van der Waals surface area contributed by atoms with E-state index >= 15 is 0 Å². The highest BCUT2D eigenvalue weighted by Crippen LogP contribution is 1.91. The Labute approximate surface area is 73.0 Å². The third-order valence-electron chi connectivity index (χ3n) is 1.57. The molecule has 1 N–H and O–H groups in total. The van der Waals surface area contributed by atoms with Gasteiger partial charge in [-0.2, -0.15) is 0 Å². The molecule has 1 aromatic rings. The molecule has 1 aromatic heterocycles. The molecule has 4 nitrogen and oxygen atoms in total. The second-order valence-corrected chi connectivity index (χ2v) is 3.38. The Morgan fingerprint density at radius 2 is 1.83 bits per heavy atom. The van der Waals surface area contributed by atoms with Gasteiger partial charge in [0.05, 0.1) is 0 Å². The average molecular weight is 168 g/mol. The van der Waals surface area contributed by atoms with Gasteiger partial charge in [-0.15, -0.1) is 10.2 Å². The van der Waals surface area contributed by atoms with Crippen LogP contribution in [-0.4, -0.2) is 26.8 Å². The van der Waals surface area contributed by atoms with E-state index in [4.69, 9.17) is 0 Å². The summed E-state index contributed by atoms with van der Waals surface area (Å²) in [6, 6.07) is 0.984. The molecule has 0 aliphatic rings. The molecule has 0 saturated carbocycles. The monoisotopic (exact) mass is 168 g/mol. The zero-order valence-corrected chi connectivity index (χ0v) is 7.86. The first-order chi connectivity index (χ1) is 5.68. The van der Waals surface area contributed by atoms with Gasteiger partial charge in [0.15, 0.2) is 0 Å². The molecule has 0 aliphatic heterocycles. The van der Waals surface area contributed by atoms with Gasteiger partial charge >= 0.3 is 0 Å². The fraction of sp³-hybridized carbons (Fsp3) is 0.750. The molecule has 0 radical (unpaired) electrons. The van der Waals surface area contributed by atoms with E-state index in [9.17, 15) is 0 Å². The first-order valence-electron chi connectivity index (χ1n) is 4.27. The standard InChI is InChI=1S/C8H16N4/c1-7(2)11-8(3)4-12-5-9-10-6-12/h5-8,11H,4H2,1-3H3. The summed E-state index contributed by atoms with van der Waals surface area (Å²) < 4.78 is 1.97. The maximum atomic E-state index is 3.74. The minimum absolute atomic E-state index is 0.459. The Bertz CT molecular complexity index is 205. The molecule has 68 valence electrons. The smallest absolute Gasteiger partial charge is 0.119 e. The van der Waals surface area contributed by atoms with Crippen LogP contribution in [0.25, 0.3) is 0 Å². The first kappa shape index (κ1) is 9.19. The van der Waals surface area contributed by atoms with Crippen molar-refractivity contribution >= 4 is 0 Å². The normalized spacial score (nSPS) is 13.7. The largest absolute Gasteiger partial charge is 0.319 e. The Hall–Kier alpha value is -0.900. The van der Waals surface area contributed by atoms with E-state index in [0.717, 1.165) is 6.54 Å². The lowest BCUT2D eigenvalue weighted by Crippen LogP contribution is -2.35. The van der Waals surface area contributed by atoms with E-state index in [1.807, 2.05) is 4.57 Å². The predicted octanol–water partition coefficient (Wildman–Crippen LogP) is 0.665. The third kappa shape index (κ3) is 3.00. The second-order valence-electron chi connectivity index (χ2n) is 3.38. The molecule has 0 bridgehead atoms. The van der Waals surface area contributed by atoms with Gasteiger partial charge in [0.1, 0.15) is 12.7 Å². The molecule has 4 heteroatoms. The van der Waals surface area contributed by atoms with Crippen LogP contribution in [0.3, 0.4) is 0 Å². The van der Waals surface area contributed by atoms with Gasteiger partial charge in [0.2, 0.25) is 0 Å². The lowest BCUT2D eigenvalue weighted by atomic mass is 10.3. The predicted molar refractivity (Wildman–Crippen MR) is 47.8 cm³/mol. The van der Waals surface area contributed by atoms with Crippen LogP contribution in [-0.2, 0) is 6.54 Å². The van der Waals surface area contributed by atoms with Gasteiger partial charge in [-0.1, -0.05) is 13.8 Å². The number of rotatable bonds is 4. The van der Waals surface area contributed by atoms with Crippen molar-refractivity contribution < 1.29 is 0 Å². The summed E-state index contributed by atoms with van der Waals surface area (Å²) in [4.78, 5) is 0. The summed E-state index contributed by atoms with van der Waals surface area (Å²) in [5.74, 6) is 0. The van der Waals surface area contributed by atoms with Crippen molar-refractivity contribution in [3.63, 3.8) is 0 Å². The van der Waals surface area contributed by atoms with Crippen LogP contribution < -0.4 is 5.32 Å². The summed E-state index contributed by atoms with van der Waals surface area (Å²) in [6.07, 6.45) is 3.47. The number of nitrogens with one attached hydrogen (secondary N) is 1. The zero-order chi connectivity index (χ0) is 8.97. The minimum Gasteiger partial charge on any atom is -0.319 e. The summed E-state index contributed by atoms with van der Waals surface area (Å²) >= 11 is 0. The number of hydrogen-bond donors (Lipinski definition) is 1. The van der Waals surface area contributed by atoms with Gasteiger partial charge < -0.3 is 9.88 Å². The molecule has 0 fully saturated rings. The van der Waals surface area contributed by atoms with Gasteiger partial charge in [0, 0.05) is 18.6 Å². The van der Waals surface area contributed by atoms with E-state index in [1.165, 1.54) is 0 Å². The van der Waals surface area contributed by atoms with Crippen molar-refractivity contribution in [2.24, 2.45) is 0 Å². The van der Waals surface area contributed by atoms with E-state index in [-0.39, 0.29) is 0 Å². The highest BCUT2D eigenvalue weighted by atomic mass is 15.2. The summed E-state index contributed by atoms with van der Waals surface area (Å²) in [7, 11) is 0. The third-order valence-corrected chi connectivity index (χ3v) is 1.57. The van der Waals surface area contributed by atoms with Gasteiger partial charge in [-0.05, 0) is 6.92 Å². The Kier molecular flexibility index (Phi) is 3.22. The molecule has 0 amide bonds. The lowest BCUT2D eigenvalue weighted by Gasteiger charge is -2.16. The highest BCUT2D eigenvalue weighted by Gasteiger charge is 2.03. The van der Waals surface area contributed by atoms with Crippen LogP contribution in [0.15, 0.2) is 12.7 Å². The first-order valence-corrected chi connectivity index (χ1v) is 4.27. The molecule has 1 rings (SSSR count). The fourth-order valence-electron chi connectivity index (χ4n) is 1.25. The van der Waals surface area contributed by atoms with Crippen LogP contribution in [0.4, 0.5) is 0 Å². The van der Waals surface area contributed by atoms with Gasteiger partial charge in [0.25, 0.3) is 0 Å². The summed E-state index contributed by atoms with van der Waals surface area (Å²) in [5, 5.41) is 10.9. The van der Waals surface area contributed by atoms with E-state index < -0.39 is 0 Å². The summed E-state index contributed by atoms with van der Waals surface area (Å²) in [6.45, 7) is 7.36. The summed E-state index contributed by atoms with van der Waals surface area (Å²) in [5.41, 5.74) is 0. The molecule has 12 heavy (non-hydrogen) atoms. The van der Waals surface area contributed by atoms with Crippen molar-refractivity contribution in [3.8, 4) is 0 Å². The van der Waals surface area contributed by atoms with Gasteiger partial charge in [-0.25, -0.2) is 0 Å². The number of nitrogens with zero attached hydrogens (tertiary/aromatic N) is 3. The fourth-order valence-corrected chi connectivity index (χ4v) is 1.25. The zero-order valence-electron chi connectivity index (χ0n) is 7.86. The van der Waals surface area contributed by atoms with Crippen LogP contribution >= 0.6 is 0 Å². The highest BCUT2D eigenvalue weighted by molar-refractivity contribution is 4.68. The Morgan fingerprint density at radius 3 is 2.33 bits per heavy atom. The van der Waals surface area contributed by atoms with E-state index in [2.05, 4.69) is 36.3 Å². The second kappa shape index (κ2) is 4.21. The lowest BCUT2D eigenvalue weighted by molar-refractivity contribution is 0.438. The molecule has 0 spiro atoms. The van der Waals surface area contributed by atoms with E-state index in [1.54, 1.807) is 12.7 Å². The molecule has 1 unspecified atom stereocenters. The maximum absolute atomic E-state index is 3.74. The van der Waals surface area contributed by atoms with Gasteiger partial charge in [-0.3, -0.25) is 0 Å². The molecular weight excluding hydrogens is 152 g/mol. The minimum atomic E-state index is 0.459. The van der Waals surface area contributed by atoms with Crippen molar-refractivity contribution in [1.82, 2.24) is 20.1 Å². The van der Waals surface area contributed by atoms with Crippen molar-refractivity contribution in [2.45, 2.75) is 39.4 Å². The SMILES string of the molecule is CC(C)NC(C)Cn1cnnc1. The number of hydrogen-bond acceptors (Lipinski definition) is 3. The molecule has 0 aliphatic carbocycles. The van der Waals surface area contributed by atoms with E-state index in [0.29, 0.717) is 12.1 Å². The van der Waals surface area contributed by atoms with Crippen molar-refractivity contribution in [2.75, 3.05) is 0 Å². The molecule has 1 heterocycles. The van der Waals surface area contributed by atoms with Crippen molar-refractivity contribution in [3.05, 3.63) is 12.7 Å². The molecular formula is C8H16N4. The van der Waals surface area contributed by atoms with Crippen LogP contribution in [0.2, 0.25) is 0 Å². The molecule has 1 atom stereocenters. The van der Waals surface area contributed by atoms with Crippen molar-refractivity contribution in [1.29, 1.82) is 0 Å². The Balaban J connectivity index is 2.32. The number of aromatic nitrogens is 3. The molecule has 0 saturated heterocycles. The van der Waals surface area contributed by atoms with Crippen LogP contribution in [0, 0.1) is 0 Å². The topological polar surface area (TPSA) is 42.7 Å². The maximum Gasteiger partial charge on any atom is 0.119 e.